The van der Waals surface area contributed by atoms with Crippen LogP contribution in [0, 0.1) is 5.92 Å². The number of aromatic carboxylic acids is 1. The van der Waals surface area contributed by atoms with E-state index in [2.05, 4.69) is 40.2 Å². The van der Waals surface area contributed by atoms with Crippen LogP contribution in [0.15, 0.2) is 48.7 Å². The molecule has 1 aromatic heterocycles. The van der Waals surface area contributed by atoms with Gasteiger partial charge in [0, 0.05) is 37.8 Å². The molecule has 1 aromatic carbocycles. The summed E-state index contributed by atoms with van der Waals surface area (Å²) in [5, 5.41) is 8.98. The van der Waals surface area contributed by atoms with E-state index in [4.69, 9.17) is 16.9 Å². The number of carboxylic acids is 1. The molecule has 1 N–H and O–H groups in total. The van der Waals surface area contributed by atoms with Crippen molar-refractivity contribution in [2.24, 2.45) is 5.92 Å². The second kappa shape index (κ2) is 8.50. The molecule has 148 valence electrons. The van der Waals surface area contributed by atoms with Crippen molar-refractivity contribution in [3.8, 4) is 0 Å². The first-order valence-electron chi connectivity index (χ1n) is 10.0. The summed E-state index contributed by atoms with van der Waals surface area (Å²) >= 11 is 6.57. The maximum atomic E-state index is 10.9. The molecule has 2 fully saturated rings. The summed E-state index contributed by atoms with van der Waals surface area (Å²) in [5.74, 6) is 1.20. The third-order valence-electron chi connectivity index (χ3n) is 6.03. The van der Waals surface area contributed by atoms with E-state index in [-0.39, 0.29) is 5.56 Å². The van der Waals surface area contributed by atoms with Crippen molar-refractivity contribution in [1.29, 1.82) is 0 Å². The van der Waals surface area contributed by atoms with Gasteiger partial charge in [0.05, 0.1) is 5.56 Å². The third-order valence-corrected chi connectivity index (χ3v) is 6.45. The smallest absolute Gasteiger partial charge is 0.337 e. The van der Waals surface area contributed by atoms with Gasteiger partial charge in [-0.05, 0) is 61.1 Å². The number of halogens is 1. The van der Waals surface area contributed by atoms with E-state index < -0.39 is 5.97 Å². The summed E-state index contributed by atoms with van der Waals surface area (Å²) < 4.78 is 2.02. The standard InChI is InChI=1S/C22H26ClN3O2/c23-26(20-14-19(20)17-4-2-1-3-5-17)13-10-16-8-11-25(12-9-16)21-7-6-18(15-24-21)22(27)28/h1-7,15-16,19-20H,8-14H2,(H,27,28)/t19-,20+/m0/s1. The molecule has 0 amide bonds. The zero-order chi connectivity index (χ0) is 19.5. The van der Waals surface area contributed by atoms with Crippen molar-refractivity contribution in [2.75, 3.05) is 24.5 Å². The van der Waals surface area contributed by atoms with Crippen molar-refractivity contribution in [1.82, 2.24) is 9.40 Å². The number of carbonyl (C=O) groups is 1. The summed E-state index contributed by atoms with van der Waals surface area (Å²) in [6.45, 7) is 2.86. The predicted octanol–water partition coefficient (Wildman–Crippen LogP) is 4.40. The molecule has 0 bridgehead atoms. The molecule has 6 heteroatoms. The monoisotopic (exact) mass is 399 g/mol. The minimum absolute atomic E-state index is 0.231. The lowest BCUT2D eigenvalue weighted by Gasteiger charge is -2.33. The Morgan fingerprint density at radius 2 is 1.93 bits per heavy atom. The van der Waals surface area contributed by atoms with Crippen LogP contribution in [0.3, 0.4) is 0 Å². The zero-order valence-corrected chi connectivity index (χ0v) is 16.6. The van der Waals surface area contributed by atoms with Crippen LogP contribution in [0.5, 0.6) is 0 Å². The van der Waals surface area contributed by atoms with Gasteiger partial charge in [0.15, 0.2) is 0 Å². The van der Waals surface area contributed by atoms with Gasteiger partial charge in [0.1, 0.15) is 5.82 Å². The number of pyridine rings is 1. The lowest BCUT2D eigenvalue weighted by Crippen LogP contribution is -2.35. The summed E-state index contributed by atoms with van der Waals surface area (Å²) in [4.78, 5) is 17.5. The number of carboxylic acid groups (broad SMARTS) is 1. The molecule has 2 atom stereocenters. The van der Waals surface area contributed by atoms with Gasteiger partial charge in [-0.15, -0.1) is 0 Å². The molecule has 4 rings (SSSR count). The maximum Gasteiger partial charge on any atom is 0.337 e. The molecule has 0 unspecified atom stereocenters. The van der Waals surface area contributed by atoms with Crippen LogP contribution in [0.4, 0.5) is 5.82 Å². The van der Waals surface area contributed by atoms with Gasteiger partial charge in [-0.3, -0.25) is 0 Å². The van der Waals surface area contributed by atoms with Gasteiger partial charge >= 0.3 is 5.97 Å². The summed E-state index contributed by atoms with van der Waals surface area (Å²) in [6, 6.07) is 14.6. The van der Waals surface area contributed by atoms with Crippen LogP contribution in [0.25, 0.3) is 0 Å². The molecule has 0 spiro atoms. The molecule has 1 aliphatic heterocycles. The molecular formula is C22H26ClN3O2. The van der Waals surface area contributed by atoms with Crippen LogP contribution in [-0.2, 0) is 0 Å². The number of rotatable bonds is 7. The maximum absolute atomic E-state index is 10.9. The van der Waals surface area contributed by atoms with Crippen molar-refractivity contribution >= 4 is 23.6 Å². The Morgan fingerprint density at radius 3 is 2.57 bits per heavy atom. The average Bonchev–Trinajstić information content (AvgIpc) is 3.54. The number of anilines is 1. The van der Waals surface area contributed by atoms with E-state index in [1.54, 1.807) is 12.1 Å². The van der Waals surface area contributed by atoms with Crippen molar-refractivity contribution in [2.45, 2.75) is 37.6 Å². The zero-order valence-electron chi connectivity index (χ0n) is 15.9. The average molecular weight is 400 g/mol. The molecule has 28 heavy (non-hydrogen) atoms. The van der Waals surface area contributed by atoms with E-state index in [1.165, 1.54) is 11.8 Å². The first-order chi connectivity index (χ1) is 13.6. The number of aromatic nitrogens is 1. The minimum Gasteiger partial charge on any atom is -0.478 e. The summed E-state index contributed by atoms with van der Waals surface area (Å²) in [5.41, 5.74) is 1.63. The fourth-order valence-corrected chi connectivity index (χ4v) is 4.49. The van der Waals surface area contributed by atoms with E-state index in [0.717, 1.165) is 51.1 Å². The number of nitrogens with zero attached hydrogens (tertiary/aromatic N) is 3. The Labute approximate surface area is 171 Å². The van der Waals surface area contributed by atoms with Crippen LogP contribution >= 0.6 is 11.8 Å². The molecule has 2 aliphatic rings. The normalized spacial score (nSPS) is 22.4. The van der Waals surface area contributed by atoms with Gasteiger partial charge < -0.3 is 10.0 Å². The van der Waals surface area contributed by atoms with Crippen molar-refractivity contribution < 1.29 is 9.90 Å². The Hall–Kier alpha value is -2.11. The van der Waals surface area contributed by atoms with Gasteiger partial charge in [-0.1, -0.05) is 30.3 Å². The van der Waals surface area contributed by atoms with Gasteiger partial charge in [0.2, 0.25) is 0 Å². The highest BCUT2D eigenvalue weighted by Gasteiger charge is 2.42. The lowest BCUT2D eigenvalue weighted by molar-refractivity contribution is 0.0696. The Morgan fingerprint density at radius 1 is 1.18 bits per heavy atom. The fraction of sp³-hybridized carbons (Fsp3) is 0.455. The first kappa shape index (κ1) is 19.2. The van der Waals surface area contributed by atoms with Crippen LogP contribution in [0.2, 0.25) is 0 Å². The molecule has 2 aromatic rings. The van der Waals surface area contributed by atoms with E-state index >= 15 is 0 Å². The Balaban J connectivity index is 1.20. The number of hydrogen-bond donors (Lipinski definition) is 1. The van der Waals surface area contributed by atoms with Crippen molar-refractivity contribution in [3.63, 3.8) is 0 Å². The number of hydrogen-bond acceptors (Lipinski definition) is 4. The largest absolute Gasteiger partial charge is 0.478 e. The highest BCUT2D eigenvalue weighted by atomic mass is 35.5. The van der Waals surface area contributed by atoms with Crippen LogP contribution in [0.1, 0.15) is 47.5 Å². The predicted molar refractivity (Wildman–Crippen MR) is 111 cm³/mol. The molecular weight excluding hydrogens is 374 g/mol. The molecule has 1 aliphatic carbocycles. The SMILES string of the molecule is O=C(O)c1ccc(N2CCC(CCN(Cl)[C@@H]3C[C@H]3c3ccccc3)CC2)nc1. The fourth-order valence-electron chi connectivity index (χ4n) is 4.17. The highest BCUT2D eigenvalue weighted by Crippen LogP contribution is 2.45. The second-order valence-corrected chi connectivity index (χ2v) is 8.31. The van der Waals surface area contributed by atoms with Gasteiger partial charge in [-0.25, -0.2) is 14.2 Å². The molecule has 5 nitrogen and oxygen atoms in total. The van der Waals surface area contributed by atoms with E-state index in [0.29, 0.717) is 17.9 Å². The topological polar surface area (TPSA) is 56.7 Å². The highest BCUT2D eigenvalue weighted by molar-refractivity contribution is 6.13. The van der Waals surface area contributed by atoms with Gasteiger partial charge in [-0.2, -0.15) is 0 Å². The van der Waals surface area contributed by atoms with Crippen molar-refractivity contribution in [3.05, 3.63) is 59.8 Å². The summed E-state index contributed by atoms with van der Waals surface area (Å²) in [7, 11) is 0. The number of piperidine rings is 1. The third kappa shape index (κ3) is 4.47. The first-order valence-corrected chi connectivity index (χ1v) is 10.4. The van der Waals surface area contributed by atoms with Crippen LogP contribution < -0.4 is 4.90 Å². The molecule has 1 saturated heterocycles. The Bertz CT molecular complexity index is 791. The van der Waals surface area contributed by atoms with Gasteiger partial charge in [0.25, 0.3) is 0 Å². The number of benzene rings is 1. The van der Waals surface area contributed by atoms with Crippen LogP contribution in [-0.4, -0.2) is 46.2 Å². The van der Waals surface area contributed by atoms with E-state index in [9.17, 15) is 4.79 Å². The summed E-state index contributed by atoms with van der Waals surface area (Å²) in [6.07, 6.45) is 5.97. The Kier molecular flexibility index (Phi) is 5.83. The molecule has 2 heterocycles. The quantitative estimate of drug-likeness (QED) is 0.699. The second-order valence-electron chi connectivity index (χ2n) is 7.87. The van der Waals surface area contributed by atoms with E-state index in [1.807, 2.05) is 4.42 Å². The molecule has 0 radical (unpaired) electrons. The minimum atomic E-state index is -0.937. The molecule has 1 saturated carbocycles. The lowest BCUT2D eigenvalue weighted by atomic mass is 9.93.